The summed E-state index contributed by atoms with van der Waals surface area (Å²) in [6.07, 6.45) is 0.544. The molecule has 27 heavy (non-hydrogen) atoms. The standard InChI is InChI=1S/C20H21ClN2O4/c1-14-6-2-3-9-17(14)23-19(25)13-27-20(26)11-5-10-18(24)22-16-8-4-7-15(21)12-16/h2-4,6-9,12H,5,10-11,13H2,1H3,(H,22,24)(H,23,25). The SMILES string of the molecule is Cc1ccccc1NC(=O)COC(=O)CCCC(=O)Nc1cccc(Cl)c1. The zero-order valence-electron chi connectivity index (χ0n) is 15.0. The highest BCUT2D eigenvalue weighted by molar-refractivity contribution is 6.30. The molecule has 2 aromatic carbocycles. The van der Waals surface area contributed by atoms with Gasteiger partial charge in [0.2, 0.25) is 5.91 Å². The average Bonchev–Trinajstić information content (AvgIpc) is 2.62. The molecular weight excluding hydrogens is 368 g/mol. The van der Waals surface area contributed by atoms with Crippen LogP contribution in [0.1, 0.15) is 24.8 Å². The maximum absolute atomic E-state index is 11.8. The highest BCUT2D eigenvalue weighted by Gasteiger charge is 2.10. The van der Waals surface area contributed by atoms with Crippen molar-refractivity contribution in [2.75, 3.05) is 17.2 Å². The summed E-state index contributed by atoms with van der Waals surface area (Å²) in [6.45, 7) is 1.51. The van der Waals surface area contributed by atoms with Crippen LogP contribution in [-0.2, 0) is 19.1 Å². The Bertz CT molecular complexity index is 823. The minimum Gasteiger partial charge on any atom is -0.456 e. The molecule has 0 atom stereocenters. The highest BCUT2D eigenvalue weighted by atomic mass is 35.5. The minimum absolute atomic E-state index is 0.0562. The van der Waals surface area contributed by atoms with E-state index in [2.05, 4.69) is 10.6 Å². The Labute approximate surface area is 162 Å². The van der Waals surface area contributed by atoms with Crippen molar-refractivity contribution in [1.82, 2.24) is 0 Å². The van der Waals surface area contributed by atoms with Gasteiger partial charge in [-0.05, 0) is 43.2 Å². The molecule has 6 nitrogen and oxygen atoms in total. The largest absolute Gasteiger partial charge is 0.456 e. The molecule has 0 radical (unpaired) electrons. The summed E-state index contributed by atoms with van der Waals surface area (Å²) in [5.74, 6) is -1.15. The third-order valence-electron chi connectivity index (χ3n) is 3.68. The van der Waals surface area contributed by atoms with E-state index in [9.17, 15) is 14.4 Å². The third-order valence-corrected chi connectivity index (χ3v) is 3.91. The molecular formula is C20H21ClN2O4. The third kappa shape index (κ3) is 7.50. The fourth-order valence-corrected chi connectivity index (χ4v) is 2.49. The van der Waals surface area contributed by atoms with Crippen molar-refractivity contribution in [3.63, 3.8) is 0 Å². The quantitative estimate of drug-likeness (QED) is 0.671. The molecule has 0 aromatic heterocycles. The number of ether oxygens (including phenoxy) is 1. The van der Waals surface area contributed by atoms with Crippen molar-refractivity contribution in [1.29, 1.82) is 0 Å². The molecule has 0 aliphatic heterocycles. The van der Waals surface area contributed by atoms with E-state index in [0.29, 0.717) is 22.8 Å². The molecule has 0 heterocycles. The minimum atomic E-state index is -0.523. The smallest absolute Gasteiger partial charge is 0.306 e. The lowest BCUT2D eigenvalue weighted by molar-refractivity contribution is -0.147. The molecule has 0 saturated heterocycles. The molecule has 2 N–H and O–H groups in total. The van der Waals surface area contributed by atoms with Crippen LogP contribution >= 0.6 is 11.6 Å². The molecule has 2 amide bonds. The van der Waals surface area contributed by atoms with E-state index in [4.69, 9.17) is 16.3 Å². The maximum Gasteiger partial charge on any atom is 0.306 e. The van der Waals surface area contributed by atoms with Gasteiger partial charge in [-0.1, -0.05) is 35.9 Å². The van der Waals surface area contributed by atoms with Crippen LogP contribution in [0.15, 0.2) is 48.5 Å². The zero-order valence-corrected chi connectivity index (χ0v) is 15.7. The molecule has 0 aliphatic rings. The normalized spacial score (nSPS) is 10.1. The highest BCUT2D eigenvalue weighted by Crippen LogP contribution is 2.15. The number of hydrogen-bond donors (Lipinski definition) is 2. The Balaban J connectivity index is 1.63. The van der Waals surface area contributed by atoms with Gasteiger partial charge in [0.15, 0.2) is 6.61 Å². The van der Waals surface area contributed by atoms with Gasteiger partial charge in [0.25, 0.3) is 5.91 Å². The van der Waals surface area contributed by atoms with Crippen LogP contribution in [0.2, 0.25) is 5.02 Å². The van der Waals surface area contributed by atoms with Crippen molar-refractivity contribution in [2.24, 2.45) is 0 Å². The number of aryl methyl sites for hydroxylation is 1. The molecule has 0 saturated carbocycles. The number of anilines is 2. The summed E-state index contributed by atoms with van der Waals surface area (Å²) < 4.78 is 4.93. The number of esters is 1. The number of nitrogens with one attached hydrogen (secondary N) is 2. The fourth-order valence-electron chi connectivity index (χ4n) is 2.30. The van der Waals surface area contributed by atoms with Crippen molar-refractivity contribution in [3.8, 4) is 0 Å². The number of carbonyl (C=O) groups is 3. The van der Waals surface area contributed by atoms with Gasteiger partial charge in [0, 0.05) is 29.2 Å². The van der Waals surface area contributed by atoms with Crippen LogP contribution in [0, 0.1) is 6.92 Å². The van der Waals surface area contributed by atoms with Crippen LogP contribution in [0.3, 0.4) is 0 Å². The number of amides is 2. The number of rotatable bonds is 8. The Morgan fingerprint density at radius 2 is 1.74 bits per heavy atom. The van der Waals surface area contributed by atoms with E-state index in [1.54, 1.807) is 30.3 Å². The fraction of sp³-hybridized carbons (Fsp3) is 0.250. The van der Waals surface area contributed by atoms with Crippen molar-refractivity contribution < 1.29 is 19.1 Å². The lowest BCUT2D eigenvalue weighted by Gasteiger charge is -2.09. The molecule has 7 heteroatoms. The van der Waals surface area contributed by atoms with Crippen molar-refractivity contribution >= 4 is 40.8 Å². The number of benzene rings is 2. The summed E-state index contributed by atoms with van der Waals surface area (Å²) in [7, 11) is 0. The van der Waals surface area contributed by atoms with E-state index in [-0.39, 0.29) is 25.4 Å². The summed E-state index contributed by atoms with van der Waals surface area (Å²) in [4.78, 5) is 35.4. The Hall–Kier alpha value is -2.86. The number of carbonyl (C=O) groups excluding carboxylic acids is 3. The first-order valence-electron chi connectivity index (χ1n) is 8.50. The Kier molecular flexibility index (Phi) is 7.82. The monoisotopic (exact) mass is 388 g/mol. The first-order valence-corrected chi connectivity index (χ1v) is 8.88. The van der Waals surface area contributed by atoms with Gasteiger partial charge in [-0.2, -0.15) is 0 Å². The van der Waals surface area contributed by atoms with E-state index in [1.165, 1.54) is 0 Å². The molecule has 0 fully saturated rings. The Morgan fingerprint density at radius 1 is 0.963 bits per heavy atom. The van der Waals surface area contributed by atoms with Gasteiger partial charge in [-0.3, -0.25) is 14.4 Å². The van der Waals surface area contributed by atoms with Gasteiger partial charge < -0.3 is 15.4 Å². The molecule has 0 bridgehead atoms. The van der Waals surface area contributed by atoms with Gasteiger partial charge in [-0.25, -0.2) is 0 Å². The average molecular weight is 389 g/mol. The van der Waals surface area contributed by atoms with E-state index >= 15 is 0 Å². The van der Waals surface area contributed by atoms with Crippen molar-refractivity contribution in [2.45, 2.75) is 26.2 Å². The van der Waals surface area contributed by atoms with Crippen LogP contribution in [0.4, 0.5) is 11.4 Å². The van der Waals surface area contributed by atoms with E-state index in [0.717, 1.165) is 5.56 Å². The lowest BCUT2D eigenvalue weighted by Crippen LogP contribution is -2.21. The van der Waals surface area contributed by atoms with Gasteiger partial charge >= 0.3 is 5.97 Å². The topological polar surface area (TPSA) is 84.5 Å². The number of hydrogen-bond acceptors (Lipinski definition) is 4. The summed E-state index contributed by atoms with van der Waals surface area (Å²) in [6, 6.07) is 14.1. The molecule has 0 spiro atoms. The molecule has 142 valence electrons. The van der Waals surface area contributed by atoms with Crippen molar-refractivity contribution in [3.05, 3.63) is 59.1 Å². The number of para-hydroxylation sites is 1. The second-order valence-corrected chi connectivity index (χ2v) is 6.37. The first kappa shape index (κ1) is 20.5. The first-order chi connectivity index (χ1) is 12.9. The molecule has 0 aliphatic carbocycles. The van der Waals surface area contributed by atoms with Gasteiger partial charge in [-0.15, -0.1) is 0 Å². The second kappa shape index (κ2) is 10.3. The number of halogens is 1. The molecule has 0 unspecified atom stereocenters. The lowest BCUT2D eigenvalue weighted by atomic mass is 10.2. The predicted molar refractivity (Wildman–Crippen MR) is 105 cm³/mol. The maximum atomic E-state index is 11.8. The van der Waals surface area contributed by atoms with Gasteiger partial charge in [0.05, 0.1) is 0 Å². The van der Waals surface area contributed by atoms with Crippen LogP contribution < -0.4 is 10.6 Å². The second-order valence-electron chi connectivity index (χ2n) is 5.94. The summed E-state index contributed by atoms with van der Waals surface area (Å²) in [5, 5.41) is 5.91. The molecule has 2 aromatic rings. The van der Waals surface area contributed by atoms with Crippen LogP contribution in [0.5, 0.6) is 0 Å². The molecule has 2 rings (SSSR count). The Morgan fingerprint density at radius 3 is 2.48 bits per heavy atom. The van der Waals surface area contributed by atoms with E-state index in [1.807, 2.05) is 25.1 Å². The predicted octanol–water partition coefficient (Wildman–Crippen LogP) is 3.94. The van der Waals surface area contributed by atoms with E-state index < -0.39 is 11.9 Å². The van der Waals surface area contributed by atoms with Gasteiger partial charge in [0.1, 0.15) is 0 Å². The summed E-state index contributed by atoms with van der Waals surface area (Å²) in [5.41, 5.74) is 2.20. The van der Waals surface area contributed by atoms with Crippen LogP contribution in [0.25, 0.3) is 0 Å². The summed E-state index contributed by atoms with van der Waals surface area (Å²) >= 11 is 5.85. The van der Waals surface area contributed by atoms with Crippen LogP contribution in [-0.4, -0.2) is 24.4 Å². The zero-order chi connectivity index (χ0) is 19.6.